The van der Waals surface area contributed by atoms with Gasteiger partial charge in [-0.1, -0.05) is 51.3 Å². The number of hydrogen-bond acceptors (Lipinski definition) is 1. The second-order valence-electron chi connectivity index (χ2n) is 4.88. The molecule has 3 rings (SSSR count). The van der Waals surface area contributed by atoms with Gasteiger partial charge in [-0.3, -0.25) is 0 Å². The van der Waals surface area contributed by atoms with Gasteiger partial charge in [0, 0.05) is 10.0 Å². The van der Waals surface area contributed by atoms with Crippen molar-refractivity contribution in [2.45, 2.75) is 17.7 Å². The van der Waals surface area contributed by atoms with Gasteiger partial charge in [-0.05, 0) is 53.8 Å². The first-order valence-corrected chi connectivity index (χ1v) is 8.16. The standard InChI is InChI=1S/C16H13BrCl2O/c17-16(12-7-13(18)9-14(19)8-12)11-3-4-15-10(6-11)2-1-5-20-15/h3-4,6-9,16H,1-2,5H2. The SMILES string of the molecule is Clc1cc(Cl)cc(C(Br)c2ccc3c(c2)CCCO3)c1. The van der Waals surface area contributed by atoms with Gasteiger partial charge in [0.15, 0.2) is 0 Å². The van der Waals surface area contributed by atoms with Crippen LogP contribution in [0.5, 0.6) is 5.75 Å². The van der Waals surface area contributed by atoms with E-state index in [-0.39, 0.29) is 4.83 Å². The molecule has 1 atom stereocenters. The molecule has 0 saturated carbocycles. The molecule has 0 amide bonds. The summed E-state index contributed by atoms with van der Waals surface area (Å²) in [6.45, 7) is 0.813. The van der Waals surface area contributed by atoms with Crippen LogP contribution in [0.2, 0.25) is 10.0 Å². The summed E-state index contributed by atoms with van der Waals surface area (Å²) in [4.78, 5) is 0.0749. The van der Waals surface area contributed by atoms with E-state index in [9.17, 15) is 0 Å². The maximum atomic E-state index is 6.07. The summed E-state index contributed by atoms with van der Waals surface area (Å²) < 4.78 is 5.64. The number of hydrogen-bond donors (Lipinski definition) is 0. The Bertz CT molecular complexity index is 622. The maximum absolute atomic E-state index is 6.07. The van der Waals surface area contributed by atoms with E-state index in [1.807, 2.05) is 18.2 Å². The van der Waals surface area contributed by atoms with Gasteiger partial charge in [0.25, 0.3) is 0 Å². The molecule has 0 aromatic heterocycles. The van der Waals surface area contributed by atoms with E-state index in [1.54, 1.807) is 6.07 Å². The molecule has 1 heterocycles. The third kappa shape index (κ3) is 2.98. The molecule has 0 N–H and O–H groups in total. The highest BCUT2D eigenvalue weighted by molar-refractivity contribution is 9.09. The van der Waals surface area contributed by atoms with Crippen molar-refractivity contribution in [2.75, 3.05) is 6.61 Å². The van der Waals surface area contributed by atoms with Gasteiger partial charge in [0.1, 0.15) is 5.75 Å². The zero-order chi connectivity index (χ0) is 14.1. The predicted molar refractivity (Wildman–Crippen MR) is 87.5 cm³/mol. The number of aryl methyl sites for hydroxylation is 1. The Balaban J connectivity index is 1.95. The molecule has 0 bridgehead atoms. The number of alkyl halides is 1. The fourth-order valence-corrected chi connectivity index (χ4v) is 3.54. The zero-order valence-corrected chi connectivity index (χ0v) is 13.8. The minimum Gasteiger partial charge on any atom is -0.493 e. The second-order valence-corrected chi connectivity index (χ2v) is 6.67. The smallest absolute Gasteiger partial charge is 0.122 e. The van der Waals surface area contributed by atoms with E-state index in [0.717, 1.165) is 30.8 Å². The van der Waals surface area contributed by atoms with E-state index in [4.69, 9.17) is 27.9 Å². The van der Waals surface area contributed by atoms with Crippen LogP contribution in [0.25, 0.3) is 0 Å². The number of halogens is 3. The summed E-state index contributed by atoms with van der Waals surface area (Å²) in [6, 6.07) is 11.9. The highest BCUT2D eigenvalue weighted by Gasteiger charge is 2.16. The van der Waals surface area contributed by atoms with Crippen molar-refractivity contribution in [1.82, 2.24) is 0 Å². The molecule has 1 unspecified atom stereocenters. The summed E-state index contributed by atoms with van der Waals surface area (Å²) >= 11 is 15.9. The van der Waals surface area contributed by atoms with Crippen molar-refractivity contribution in [2.24, 2.45) is 0 Å². The quantitative estimate of drug-likeness (QED) is 0.606. The number of rotatable bonds is 2. The normalized spacial score (nSPS) is 15.3. The van der Waals surface area contributed by atoms with E-state index < -0.39 is 0 Å². The summed E-state index contributed by atoms with van der Waals surface area (Å²) in [6.07, 6.45) is 2.14. The zero-order valence-electron chi connectivity index (χ0n) is 10.7. The third-order valence-electron chi connectivity index (χ3n) is 3.40. The molecular formula is C16H13BrCl2O. The molecule has 104 valence electrons. The van der Waals surface area contributed by atoms with E-state index in [2.05, 4.69) is 28.1 Å². The molecule has 1 aliphatic heterocycles. The molecular weight excluding hydrogens is 359 g/mol. The Hall–Kier alpha value is -0.700. The van der Waals surface area contributed by atoms with Gasteiger partial charge in [0.2, 0.25) is 0 Å². The molecule has 20 heavy (non-hydrogen) atoms. The number of fused-ring (bicyclic) bond motifs is 1. The summed E-state index contributed by atoms with van der Waals surface area (Å²) in [7, 11) is 0. The van der Waals surface area contributed by atoms with Crippen LogP contribution in [0.1, 0.15) is 27.9 Å². The van der Waals surface area contributed by atoms with Crippen LogP contribution in [-0.4, -0.2) is 6.61 Å². The Kier molecular flexibility index (Phi) is 4.25. The lowest BCUT2D eigenvalue weighted by Gasteiger charge is -2.19. The van der Waals surface area contributed by atoms with Crippen molar-refractivity contribution in [3.05, 3.63) is 63.1 Å². The summed E-state index contributed by atoms with van der Waals surface area (Å²) in [5, 5.41) is 1.30. The molecule has 0 spiro atoms. The van der Waals surface area contributed by atoms with Crippen molar-refractivity contribution in [3.63, 3.8) is 0 Å². The fraction of sp³-hybridized carbons (Fsp3) is 0.250. The average Bonchev–Trinajstić information content (AvgIpc) is 2.45. The minimum atomic E-state index is 0.0749. The highest BCUT2D eigenvalue weighted by atomic mass is 79.9. The van der Waals surface area contributed by atoms with Crippen LogP contribution in [0.3, 0.4) is 0 Å². The average molecular weight is 372 g/mol. The topological polar surface area (TPSA) is 9.23 Å². The highest BCUT2D eigenvalue weighted by Crippen LogP contribution is 2.36. The largest absolute Gasteiger partial charge is 0.493 e. The van der Waals surface area contributed by atoms with Crippen molar-refractivity contribution in [3.8, 4) is 5.75 Å². The van der Waals surface area contributed by atoms with Crippen LogP contribution >= 0.6 is 39.1 Å². The molecule has 0 aliphatic carbocycles. The molecule has 2 aromatic rings. The van der Waals surface area contributed by atoms with E-state index in [0.29, 0.717) is 10.0 Å². The lowest BCUT2D eigenvalue weighted by molar-refractivity contribution is 0.288. The van der Waals surface area contributed by atoms with Crippen molar-refractivity contribution in [1.29, 1.82) is 0 Å². The van der Waals surface area contributed by atoms with E-state index >= 15 is 0 Å². The Morgan fingerprint density at radius 2 is 1.75 bits per heavy atom. The van der Waals surface area contributed by atoms with Crippen LogP contribution < -0.4 is 4.74 Å². The Morgan fingerprint density at radius 1 is 1.00 bits per heavy atom. The predicted octanol–water partition coefficient (Wildman–Crippen LogP) is 5.80. The lowest BCUT2D eigenvalue weighted by atomic mass is 9.99. The Morgan fingerprint density at radius 3 is 2.50 bits per heavy atom. The number of benzene rings is 2. The first-order chi connectivity index (χ1) is 9.63. The monoisotopic (exact) mass is 370 g/mol. The Labute approximate surface area is 137 Å². The third-order valence-corrected chi connectivity index (χ3v) is 4.90. The molecule has 4 heteroatoms. The second kappa shape index (κ2) is 5.97. The molecule has 0 radical (unpaired) electrons. The first kappa shape index (κ1) is 14.2. The summed E-state index contributed by atoms with van der Waals surface area (Å²) in [5.41, 5.74) is 3.51. The van der Waals surface area contributed by atoms with Crippen LogP contribution in [0.15, 0.2) is 36.4 Å². The van der Waals surface area contributed by atoms with Gasteiger partial charge in [0.05, 0.1) is 11.4 Å². The maximum Gasteiger partial charge on any atom is 0.122 e. The van der Waals surface area contributed by atoms with Gasteiger partial charge in [-0.15, -0.1) is 0 Å². The fourth-order valence-electron chi connectivity index (χ4n) is 2.45. The van der Waals surface area contributed by atoms with Gasteiger partial charge < -0.3 is 4.74 Å². The van der Waals surface area contributed by atoms with Gasteiger partial charge in [-0.2, -0.15) is 0 Å². The molecule has 1 aliphatic rings. The molecule has 0 fully saturated rings. The first-order valence-electron chi connectivity index (χ1n) is 6.49. The van der Waals surface area contributed by atoms with E-state index in [1.165, 1.54) is 11.1 Å². The molecule has 2 aromatic carbocycles. The van der Waals surface area contributed by atoms with Crippen LogP contribution in [0, 0.1) is 0 Å². The lowest BCUT2D eigenvalue weighted by Crippen LogP contribution is -2.08. The molecule has 1 nitrogen and oxygen atoms in total. The van der Waals surface area contributed by atoms with Crippen molar-refractivity contribution >= 4 is 39.1 Å². The van der Waals surface area contributed by atoms with Gasteiger partial charge >= 0.3 is 0 Å². The van der Waals surface area contributed by atoms with Crippen LogP contribution in [-0.2, 0) is 6.42 Å². The van der Waals surface area contributed by atoms with Gasteiger partial charge in [-0.25, -0.2) is 0 Å². The van der Waals surface area contributed by atoms with Crippen LogP contribution in [0.4, 0.5) is 0 Å². The minimum absolute atomic E-state index is 0.0749. The number of ether oxygens (including phenoxy) is 1. The summed E-state index contributed by atoms with van der Waals surface area (Å²) in [5.74, 6) is 1.00. The van der Waals surface area contributed by atoms with Crippen molar-refractivity contribution < 1.29 is 4.74 Å². The molecule has 0 saturated heterocycles.